The number of rotatable bonds is 2. The summed E-state index contributed by atoms with van der Waals surface area (Å²) in [6.07, 6.45) is 1.57. The summed E-state index contributed by atoms with van der Waals surface area (Å²) in [5, 5.41) is 0.740. The maximum Gasteiger partial charge on any atom is 0.226 e. The predicted molar refractivity (Wildman–Crippen MR) is 59.6 cm³/mol. The molecule has 1 aromatic heterocycles. The molecule has 1 heterocycles. The van der Waals surface area contributed by atoms with Gasteiger partial charge in [0.05, 0.1) is 5.69 Å². The Morgan fingerprint density at radius 1 is 1.47 bits per heavy atom. The van der Waals surface area contributed by atoms with Gasteiger partial charge >= 0.3 is 0 Å². The zero-order chi connectivity index (χ0) is 10.8. The Morgan fingerprint density at radius 2 is 2.27 bits per heavy atom. The fourth-order valence-corrected chi connectivity index (χ4v) is 1.43. The van der Waals surface area contributed by atoms with Crippen LogP contribution in [0, 0.1) is 6.92 Å². The van der Waals surface area contributed by atoms with E-state index in [1.807, 2.05) is 25.1 Å². The average molecular weight is 223 g/mol. The third kappa shape index (κ3) is 2.03. The van der Waals surface area contributed by atoms with E-state index in [-0.39, 0.29) is 0 Å². The molecule has 4 heteroatoms. The van der Waals surface area contributed by atoms with Crippen molar-refractivity contribution in [1.82, 2.24) is 4.98 Å². The largest absolute Gasteiger partial charge is 0.444 e. The van der Waals surface area contributed by atoms with Crippen LogP contribution in [0.25, 0.3) is 11.5 Å². The van der Waals surface area contributed by atoms with Gasteiger partial charge in [0.1, 0.15) is 6.26 Å². The predicted octanol–water partition coefficient (Wildman–Crippen LogP) is 2.76. The Balaban J connectivity index is 2.40. The van der Waals surface area contributed by atoms with E-state index in [0.717, 1.165) is 21.8 Å². The molecule has 15 heavy (non-hydrogen) atoms. The molecule has 3 nitrogen and oxygen atoms in total. The molecular weight excluding hydrogens is 212 g/mol. The first kappa shape index (κ1) is 10.2. The Bertz CT molecular complexity index is 479. The Labute approximate surface area is 92.9 Å². The lowest BCUT2D eigenvalue weighted by molar-refractivity contribution is 0.572. The van der Waals surface area contributed by atoms with Gasteiger partial charge in [0.25, 0.3) is 0 Å². The van der Waals surface area contributed by atoms with E-state index in [1.54, 1.807) is 6.26 Å². The van der Waals surface area contributed by atoms with Crippen molar-refractivity contribution >= 4 is 11.6 Å². The summed E-state index contributed by atoms with van der Waals surface area (Å²) in [6.45, 7) is 2.33. The average Bonchev–Trinajstić information content (AvgIpc) is 2.70. The highest BCUT2D eigenvalue weighted by Gasteiger charge is 2.06. The van der Waals surface area contributed by atoms with Gasteiger partial charge in [0.2, 0.25) is 5.89 Å². The summed E-state index contributed by atoms with van der Waals surface area (Å²) in [6, 6.07) is 5.65. The van der Waals surface area contributed by atoms with Gasteiger partial charge in [0, 0.05) is 17.1 Å². The number of hydrogen-bond donors (Lipinski definition) is 1. The molecular formula is C11H11ClN2O. The summed E-state index contributed by atoms with van der Waals surface area (Å²) < 4.78 is 5.30. The maximum atomic E-state index is 5.93. The molecule has 2 aromatic rings. The van der Waals surface area contributed by atoms with Gasteiger partial charge in [-0.3, -0.25) is 0 Å². The highest BCUT2D eigenvalue weighted by Crippen LogP contribution is 2.24. The molecule has 0 unspecified atom stereocenters. The van der Waals surface area contributed by atoms with Gasteiger partial charge < -0.3 is 10.2 Å². The van der Waals surface area contributed by atoms with Crippen LogP contribution in [0.3, 0.4) is 0 Å². The monoisotopic (exact) mass is 222 g/mol. The van der Waals surface area contributed by atoms with E-state index < -0.39 is 0 Å². The Morgan fingerprint density at radius 3 is 2.87 bits per heavy atom. The molecule has 0 saturated heterocycles. The van der Waals surface area contributed by atoms with Crippen molar-refractivity contribution in [3.63, 3.8) is 0 Å². The first-order valence-corrected chi connectivity index (χ1v) is 4.99. The number of hydrogen-bond acceptors (Lipinski definition) is 3. The van der Waals surface area contributed by atoms with E-state index in [4.69, 9.17) is 21.8 Å². The van der Waals surface area contributed by atoms with E-state index in [0.29, 0.717) is 12.4 Å². The molecule has 0 aliphatic carbocycles. The Kier molecular flexibility index (Phi) is 2.75. The van der Waals surface area contributed by atoms with Crippen LogP contribution in [0.2, 0.25) is 5.02 Å². The third-order valence-electron chi connectivity index (χ3n) is 2.17. The van der Waals surface area contributed by atoms with Crippen molar-refractivity contribution in [2.24, 2.45) is 5.73 Å². The second kappa shape index (κ2) is 4.04. The lowest BCUT2D eigenvalue weighted by Crippen LogP contribution is -1.95. The molecule has 0 aliphatic rings. The fourth-order valence-electron chi connectivity index (χ4n) is 1.31. The van der Waals surface area contributed by atoms with Gasteiger partial charge in [-0.25, -0.2) is 4.98 Å². The number of nitrogens with zero attached hydrogens (tertiary/aromatic N) is 1. The van der Waals surface area contributed by atoms with Crippen molar-refractivity contribution in [3.05, 3.63) is 40.7 Å². The van der Waals surface area contributed by atoms with Crippen molar-refractivity contribution in [1.29, 1.82) is 0 Å². The molecule has 0 radical (unpaired) electrons. The molecule has 0 amide bonds. The van der Waals surface area contributed by atoms with Crippen LogP contribution in [0.1, 0.15) is 11.3 Å². The molecule has 0 spiro atoms. The summed E-state index contributed by atoms with van der Waals surface area (Å²) in [5.41, 5.74) is 8.11. The lowest BCUT2D eigenvalue weighted by atomic mass is 10.1. The van der Waals surface area contributed by atoms with Crippen molar-refractivity contribution in [3.8, 4) is 11.5 Å². The van der Waals surface area contributed by atoms with Gasteiger partial charge in [-0.2, -0.15) is 0 Å². The third-order valence-corrected chi connectivity index (χ3v) is 2.59. The van der Waals surface area contributed by atoms with Crippen LogP contribution >= 0.6 is 11.6 Å². The number of benzene rings is 1. The molecule has 78 valence electrons. The van der Waals surface area contributed by atoms with Crippen molar-refractivity contribution in [2.75, 3.05) is 0 Å². The van der Waals surface area contributed by atoms with E-state index >= 15 is 0 Å². The summed E-state index contributed by atoms with van der Waals surface area (Å²) in [4.78, 5) is 4.24. The standard InChI is InChI=1S/C11H11ClN2O/c1-7-4-8(2-3-10(7)12)11-14-9(5-13)6-15-11/h2-4,6H,5,13H2,1H3. The molecule has 0 saturated carbocycles. The minimum absolute atomic E-state index is 0.385. The van der Waals surface area contributed by atoms with Crippen molar-refractivity contribution < 1.29 is 4.42 Å². The molecule has 0 fully saturated rings. The maximum absolute atomic E-state index is 5.93. The Hall–Kier alpha value is -1.32. The second-order valence-electron chi connectivity index (χ2n) is 3.31. The van der Waals surface area contributed by atoms with Crippen molar-refractivity contribution in [2.45, 2.75) is 13.5 Å². The van der Waals surface area contributed by atoms with Crippen LogP contribution in [-0.2, 0) is 6.54 Å². The van der Waals surface area contributed by atoms with Gasteiger partial charge in [-0.1, -0.05) is 11.6 Å². The normalized spacial score (nSPS) is 10.6. The van der Waals surface area contributed by atoms with Crippen LogP contribution in [0.5, 0.6) is 0 Å². The van der Waals surface area contributed by atoms with E-state index in [2.05, 4.69) is 4.98 Å². The minimum Gasteiger partial charge on any atom is -0.444 e. The van der Waals surface area contributed by atoms with Crippen LogP contribution < -0.4 is 5.73 Å². The smallest absolute Gasteiger partial charge is 0.226 e. The molecule has 0 atom stereocenters. The summed E-state index contributed by atoms with van der Waals surface area (Å²) in [7, 11) is 0. The van der Waals surface area contributed by atoms with Crippen LogP contribution in [0.4, 0.5) is 0 Å². The SMILES string of the molecule is Cc1cc(-c2nc(CN)co2)ccc1Cl. The molecule has 2 rings (SSSR count). The number of oxazole rings is 1. The first-order chi connectivity index (χ1) is 7.20. The summed E-state index contributed by atoms with van der Waals surface area (Å²) in [5.74, 6) is 0.579. The minimum atomic E-state index is 0.385. The molecule has 0 bridgehead atoms. The number of aryl methyl sites for hydroxylation is 1. The quantitative estimate of drug-likeness (QED) is 0.850. The number of halogens is 1. The highest BCUT2D eigenvalue weighted by atomic mass is 35.5. The molecule has 1 aromatic carbocycles. The summed E-state index contributed by atoms with van der Waals surface area (Å²) >= 11 is 5.93. The van der Waals surface area contributed by atoms with Gasteiger partial charge in [0.15, 0.2) is 0 Å². The highest BCUT2D eigenvalue weighted by molar-refractivity contribution is 6.31. The van der Waals surface area contributed by atoms with Gasteiger partial charge in [-0.15, -0.1) is 0 Å². The molecule has 0 aliphatic heterocycles. The van der Waals surface area contributed by atoms with E-state index in [9.17, 15) is 0 Å². The van der Waals surface area contributed by atoms with E-state index in [1.165, 1.54) is 0 Å². The lowest BCUT2D eigenvalue weighted by Gasteiger charge is -1.99. The first-order valence-electron chi connectivity index (χ1n) is 4.61. The zero-order valence-electron chi connectivity index (χ0n) is 8.33. The fraction of sp³-hybridized carbons (Fsp3) is 0.182. The number of aromatic nitrogens is 1. The van der Waals surface area contributed by atoms with Gasteiger partial charge in [-0.05, 0) is 30.7 Å². The topological polar surface area (TPSA) is 52.0 Å². The van der Waals surface area contributed by atoms with Crippen LogP contribution in [-0.4, -0.2) is 4.98 Å². The van der Waals surface area contributed by atoms with Crippen LogP contribution in [0.15, 0.2) is 28.9 Å². The second-order valence-corrected chi connectivity index (χ2v) is 3.72. The number of nitrogens with two attached hydrogens (primary N) is 1. The zero-order valence-corrected chi connectivity index (χ0v) is 9.08. The molecule has 2 N–H and O–H groups in total.